The largest absolute Gasteiger partial charge is 0.473 e. The minimum Gasteiger partial charge on any atom is -0.473 e. The van der Waals surface area contributed by atoms with Crippen LogP contribution >= 0.6 is 11.6 Å². The van der Waals surface area contributed by atoms with Gasteiger partial charge in [-0.15, -0.1) is 0 Å². The molecule has 0 spiro atoms. The molecule has 1 amide bonds. The van der Waals surface area contributed by atoms with Gasteiger partial charge in [0.25, 0.3) is 0 Å². The van der Waals surface area contributed by atoms with E-state index in [9.17, 15) is 13.2 Å². The summed E-state index contributed by atoms with van der Waals surface area (Å²) in [5.41, 5.74) is 0.487. The zero-order valence-corrected chi connectivity index (χ0v) is 17.0. The first-order valence-corrected chi connectivity index (χ1v) is 11.0. The normalized spacial score (nSPS) is 16.9. The predicted molar refractivity (Wildman–Crippen MR) is 106 cm³/mol. The molecule has 156 valence electrons. The molecule has 1 aliphatic rings. The molecule has 3 rings (SSSR count). The van der Waals surface area contributed by atoms with Crippen molar-refractivity contribution >= 4 is 27.7 Å². The summed E-state index contributed by atoms with van der Waals surface area (Å²) in [4.78, 5) is 19.1. The molecule has 0 aromatic carbocycles. The monoisotopic (exact) mass is 440 g/mol. The van der Waals surface area contributed by atoms with E-state index in [-0.39, 0.29) is 24.9 Å². The molecule has 9 nitrogen and oxygen atoms in total. The molecule has 1 fully saturated rings. The summed E-state index contributed by atoms with van der Waals surface area (Å²) in [5.74, 6) is -0.0551. The van der Waals surface area contributed by atoms with Gasteiger partial charge in [-0.25, -0.2) is 22.5 Å². The van der Waals surface area contributed by atoms with E-state index >= 15 is 0 Å². The number of nitrogens with one attached hydrogen (secondary N) is 1. The van der Waals surface area contributed by atoms with Gasteiger partial charge in [0, 0.05) is 31.7 Å². The second-order valence-corrected chi connectivity index (χ2v) is 8.99. The van der Waals surface area contributed by atoms with Crippen molar-refractivity contribution in [3.05, 3.63) is 53.4 Å². The van der Waals surface area contributed by atoms with Crippen LogP contribution < -0.4 is 10.1 Å². The van der Waals surface area contributed by atoms with Gasteiger partial charge in [-0.05, 0) is 36.6 Å². The number of aromatic nitrogens is 2. The maximum absolute atomic E-state index is 12.9. The standard InChI is InChI=1S/C18H21ClN4O5S/c19-15-4-2-8-21-17(15)28-14-5-9-23(10-6-14)29(26,27)12-16(22-18(24)25)13-3-1-7-20-11-13/h1-4,7-8,11,14,16,22H,5-6,9-10,12H2,(H,24,25)/t16-/m0/s1. The zero-order valence-electron chi connectivity index (χ0n) is 15.4. The van der Waals surface area contributed by atoms with Gasteiger partial charge in [0.2, 0.25) is 15.9 Å². The van der Waals surface area contributed by atoms with Gasteiger partial charge in [-0.1, -0.05) is 17.7 Å². The fraction of sp³-hybridized carbons (Fsp3) is 0.389. The molecule has 1 aliphatic heterocycles. The Hall–Kier alpha value is -2.43. The fourth-order valence-electron chi connectivity index (χ4n) is 3.11. The highest BCUT2D eigenvalue weighted by Crippen LogP contribution is 2.26. The van der Waals surface area contributed by atoms with E-state index in [0.29, 0.717) is 29.3 Å². The maximum Gasteiger partial charge on any atom is 0.405 e. The lowest BCUT2D eigenvalue weighted by atomic mass is 10.1. The summed E-state index contributed by atoms with van der Waals surface area (Å²) < 4.78 is 32.9. The number of piperidine rings is 1. The Morgan fingerprint density at radius 3 is 2.66 bits per heavy atom. The van der Waals surface area contributed by atoms with Crippen molar-refractivity contribution in [2.24, 2.45) is 0 Å². The van der Waals surface area contributed by atoms with E-state index in [1.165, 1.54) is 16.7 Å². The van der Waals surface area contributed by atoms with E-state index in [1.54, 1.807) is 30.5 Å². The lowest BCUT2D eigenvalue weighted by Crippen LogP contribution is -2.45. The molecule has 1 atom stereocenters. The first-order chi connectivity index (χ1) is 13.8. The van der Waals surface area contributed by atoms with Crippen molar-refractivity contribution in [1.82, 2.24) is 19.6 Å². The molecule has 1 saturated heterocycles. The van der Waals surface area contributed by atoms with Crippen molar-refractivity contribution < 1.29 is 23.1 Å². The number of ether oxygens (including phenoxy) is 1. The number of hydrogen-bond acceptors (Lipinski definition) is 6. The average molecular weight is 441 g/mol. The highest BCUT2D eigenvalue weighted by molar-refractivity contribution is 7.89. The predicted octanol–water partition coefficient (Wildman–Crippen LogP) is 2.31. The molecule has 0 bridgehead atoms. The molecule has 2 N–H and O–H groups in total. The molecule has 3 heterocycles. The van der Waals surface area contributed by atoms with Crippen molar-refractivity contribution in [2.75, 3.05) is 18.8 Å². The van der Waals surface area contributed by atoms with Gasteiger partial charge in [0.1, 0.15) is 11.1 Å². The van der Waals surface area contributed by atoms with Crippen LogP contribution in [-0.2, 0) is 10.0 Å². The van der Waals surface area contributed by atoms with Crippen LogP contribution in [0.2, 0.25) is 5.02 Å². The highest BCUT2D eigenvalue weighted by Gasteiger charge is 2.32. The summed E-state index contributed by atoms with van der Waals surface area (Å²) in [6.07, 6.45) is 4.04. The molecular formula is C18H21ClN4O5S. The molecule has 0 radical (unpaired) electrons. The van der Waals surface area contributed by atoms with Crippen LogP contribution in [0.25, 0.3) is 0 Å². The van der Waals surface area contributed by atoms with E-state index in [4.69, 9.17) is 21.4 Å². The van der Waals surface area contributed by atoms with E-state index < -0.39 is 22.2 Å². The van der Waals surface area contributed by atoms with Gasteiger partial charge >= 0.3 is 6.09 Å². The molecule has 2 aromatic heterocycles. The van der Waals surface area contributed by atoms with Gasteiger partial charge in [-0.3, -0.25) is 4.98 Å². The maximum atomic E-state index is 12.9. The van der Waals surface area contributed by atoms with Gasteiger partial charge in [0.05, 0.1) is 11.8 Å². The number of carboxylic acid groups (broad SMARTS) is 1. The first-order valence-electron chi connectivity index (χ1n) is 8.99. The van der Waals surface area contributed by atoms with Crippen LogP contribution in [0.15, 0.2) is 42.9 Å². The first kappa shape index (κ1) is 21.3. The average Bonchev–Trinajstić information content (AvgIpc) is 2.70. The summed E-state index contributed by atoms with van der Waals surface area (Å²) >= 11 is 6.05. The fourth-order valence-corrected chi connectivity index (χ4v) is 4.95. The number of sulfonamides is 1. The molecular weight excluding hydrogens is 420 g/mol. The second kappa shape index (κ2) is 9.38. The third-order valence-electron chi connectivity index (χ3n) is 4.56. The van der Waals surface area contributed by atoms with Crippen LogP contribution in [0.3, 0.4) is 0 Å². The lowest BCUT2D eigenvalue weighted by Gasteiger charge is -2.32. The van der Waals surface area contributed by atoms with Crippen molar-refractivity contribution in [1.29, 1.82) is 0 Å². The molecule has 0 saturated carbocycles. The molecule has 0 unspecified atom stereocenters. The number of pyridine rings is 2. The van der Waals surface area contributed by atoms with Gasteiger partial charge in [0.15, 0.2) is 0 Å². The van der Waals surface area contributed by atoms with Crippen LogP contribution in [0.4, 0.5) is 4.79 Å². The molecule has 29 heavy (non-hydrogen) atoms. The van der Waals surface area contributed by atoms with E-state index in [2.05, 4.69) is 15.3 Å². The zero-order chi connectivity index (χ0) is 20.9. The number of carbonyl (C=O) groups is 1. The van der Waals surface area contributed by atoms with Crippen LogP contribution in [0, 0.1) is 0 Å². The Bertz CT molecular complexity index is 936. The molecule has 2 aromatic rings. The number of rotatable bonds is 7. The Morgan fingerprint density at radius 2 is 2.03 bits per heavy atom. The van der Waals surface area contributed by atoms with Crippen LogP contribution in [0.5, 0.6) is 5.88 Å². The smallest absolute Gasteiger partial charge is 0.405 e. The number of amides is 1. The number of nitrogens with zero attached hydrogens (tertiary/aromatic N) is 3. The van der Waals surface area contributed by atoms with Crippen molar-refractivity contribution in [3.63, 3.8) is 0 Å². The summed E-state index contributed by atoms with van der Waals surface area (Å²) in [5, 5.41) is 11.7. The van der Waals surface area contributed by atoms with E-state index in [1.807, 2.05) is 0 Å². The minimum absolute atomic E-state index is 0.194. The Balaban J connectivity index is 1.62. The van der Waals surface area contributed by atoms with Gasteiger partial charge < -0.3 is 15.2 Å². The summed E-state index contributed by atoms with van der Waals surface area (Å²) in [6, 6.07) is 5.74. The third kappa shape index (κ3) is 5.78. The van der Waals surface area contributed by atoms with Crippen molar-refractivity contribution in [2.45, 2.75) is 25.0 Å². The Labute approximate surface area is 173 Å². The molecule has 0 aliphatic carbocycles. The Kier molecular flexibility index (Phi) is 6.88. The summed E-state index contributed by atoms with van der Waals surface area (Å²) in [6.45, 7) is 0.536. The quantitative estimate of drug-likeness (QED) is 0.677. The lowest BCUT2D eigenvalue weighted by molar-refractivity contribution is 0.130. The number of halogens is 1. The van der Waals surface area contributed by atoms with Crippen molar-refractivity contribution in [3.8, 4) is 5.88 Å². The topological polar surface area (TPSA) is 122 Å². The second-order valence-electron chi connectivity index (χ2n) is 6.57. The minimum atomic E-state index is -3.70. The van der Waals surface area contributed by atoms with E-state index in [0.717, 1.165) is 0 Å². The number of hydrogen-bond donors (Lipinski definition) is 2. The highest BCUT2D eigenvalue weighted by atomic mass is 35.5. The summed E-state index contributed by atoms with van der Waals surface area (Å²) in [7, 11) is -3.70. The van der Waals surface area contributed by atoms with Crippen LogP contribution in [0.1, 0.15) is 24.4 Å². The third-order valence-corrected chi connectivity index (χ3v) is 6.75. The molecule has 11 heteroatoms. The SMILES string of the molecule is O=C(O)N[C@@H](CS(=O)(=O)N1CCC(Oc2ncccc2Cl)CC1)c1cccnc1. The Morgan fingerprint density at radius 1 is 1.31 bits per heavy atom. The van der Waals surface area contributed by atoms with Crippen LogP contribution in [-0.4, -0.2) is 58.8 Å². The van der Waals surface area contributed by atoms with Gasteiger partial charge in [-0.2, -0.15) is 0 Å².